The molecule has 1 aromatic heterocycles. The summed E-state index contributed by atoms with van der Waals surface area (Å²) in [6.07, 6.45) is 0. The van der Waals surface area contributed by atoms with Crippen molar-refractivity contribution in [2.45, 2.75) is 33.9 Å². The molecule has 0 saturated heterocycles. The lowest BCUT2D eigenvalue weighted by atomic mass is 10.2. The number of hydrogen-bond donors (Lipinski definition) is 2. The zero-order valence-electron chi connectivity index (χ0n) is 12.4. The van der Waals surface area contributed by atoms with Crippen molar-refractivity contribution in [3.63, 3.8) is 0 Å². The first-order valence-electron chi connectivity index (χ1n) is 6.84. The van der Waals surface area contributed by atoms with E-state index in [0.717, 1.165) is 33.7 Å². The van der Waals surface area contributed by atoms with Crippen molar-refractivity contribution in [1.29, 1.82) is 0 Å². The van der Waals surface area contributed by atoms with Crippen LogP contribution >= 0.6 is 15.9 Å². The molecule has 0 aliphatic carbocycles. The second kappa shape index (κ2) is 6.76. The quantitative estimate of drug-likeness (QED) is 0.884. The van der Waals surface area contributed by atoms with Gasteiger partial charge in [-0.1, -0.05) is 22.0 Å². The van der Waals surface area contributed by atoms with Gasteiger partial charge in [0.2, 0.25) is 0 Å². The maximum absolute atomic E-state index is 11.9. The topological polar surface area (TPSA) is 59.0 Å². The van der Waals surface area contributed by atoms with Crippen LogP contribution in [0, 0.1) is 13.8 Å². The first-order valence-corrected chi connectivity index (χ1v) is 7.64. The highest BCUT2D eigenvalue weighted by Gasteiger charge is 2.11. The molecule has 112 valence electrons. The number of nitrogens with zero attached hydrogens (tertiary/aromatic N) is 2. The molecule has 5 nitrogen and oxygen atoms in total. The summed E-state index contributed by atoms with van der Waals surface area (Å²) in [6.45, 7) is 7.33. The molecule has 1 heterocycles. The summed E-state index contributed by atoms with van der Waals surface area (Å²) in [7, 11) is 0. The van der Waals surface area contributed by atoms with Crippen molar-refractivity contribution in [2.24, 2.45) is 0 Å². The van der Waals surface area contributed by atoms with Crippen molar-refractivity contribution < 1.29 is 4.79 Å². The van der Waals surface area contributed by atoms with Crippen LogP contribution in [0.2, 0.25) is 0 Å². The average Bonchev–Trinajstić information content (AvgIpc) is 2.71. The van der Waals surface area contributed by atoms with Crippen LogP contribution in [-0.4, -0.2) is 15.8 Å². The van der Waals surface area contributed by atoms with Crippen LogP contribution in [0.15, 0.2) is 28.7 Å². The Kier molecular flexibility index (Phi) is 5.01. The number of aryl methyl sites for hydroxylation is 2. The van der Waals surface area contributed by atoms with Gasteiger partial charge in [-0.05, 0) is 39.0 Å². The molecule has 0 fully saturated rings. The van der Waals surface area contributed by atoms with Gasteiger partial charge >= 0.3 is 6.03 Å². The molecule has 2 aromatic rings. The zero-order valence-corrected chi connectivity index (χ0v) is 14.0. The molecular formula is C15H19BrN4O. The number of anilines is 1. The van der Waals surface area contributed by atoms with E-state index in [4.69, 9.17) is 0 Å². The summed E-state index contributed by atoms with van der Waals surface area (Å²) in [4.78, 5) is 11.9. The lowest BCUT2D eigenvalue weighted by Crippen LogP contribution is -2.28. The van der Waals surface area contributed by atoms with Crippen LogP contribution in [0.4, 0.5) is 10.5 Å². The summed E-state index contributed by atoms with van der Waals surface area (Å²) in [5, 5.41) is 10.1. The summed E-state index contributed by atoms with van der Waals surface area (Å²) in [5.74, 6) is 0. The molecule has 1 aromatic carbocycles. The van der Waals surface area contributed by atoms with Gasteiger partial charge in [0.1, 0.15) is 0 Å². The molecule has 2 N–H and O–H groups in total. The number of hydrogen-bond acceptors (Lipinski definition) is 2. The SMILES string of the molecule is CCn1nc(C)c(CNC(=O)Nc2cccc(Br)c2)c1C. The van der Waals surface area contributed by atoms with E-state index in [-0.39, 0.29) is 6.03 Å². The van der Waals surface area contributed by atoms with Crippen molar-refractivity contribution in [1.82, 2.24) is 15.1 Å². The third kappa shape index (κ3) is 3.85. The first-order chi connectivity index (χ1) is 10.0. The molecular weight excluding hydrogens is 332 g/mol. The monoisotopic (exact) mass is 350 g/mol. The number of urea groups is 1. The standard InChI is InChI=1S/C15H19BrN4O/c1-4-20-11(3)14(10(2)19-20)9-17-15(21)18-13-7-5-6-12(16)8-13/h5-8H,4,9H2,1-3H3,(H2,17,18,21). The molecule has 0 saturated carbocycles. The van der Waals surface area contributed by atoms with E-state index in [0.29, 0.717) is 6.54 Å². The number of carbonyl (C=O) groups is 1. The van der Waals surface area contributed by atoms with E-state index in [2.05, 4.69) is 38.6 Å². The largest absolute Gasteiger partial charge is 0.334 e. The molecule has 0 aliphatic rings. The Labute approximate surface area is 132 Å². The van der Waals surface area contributed by atoms with Gasteiger partial charge in [-0.15, -0.1) is 0 Å². The van der Waals surface area contributed by atoms with Gasteiger partial charge < -0.3 is 10.6 Å². The summed E-state index contributed by atoms with van der Waals surface area (Å²) in [5.41, 5.74) is 3.87. The molecule has 0 bridgehead atoms. The predicted octanol–water partition coefficient (Wildman–Crippen LogP) is 3.60. The van der Waals surface area contributed by atoms with Crippen LogP contribution in [0.5, 0.6) is 0 Å². The van der Waals surface area contributed by atoms with Gasteiger partial charge in [0.05, 0.1) is 5.69 Å². The van der Waals surface area contributed by atoms with Crippen molar-refractivity contribution in [2.75, 3.05) is 5.32 Å². The van der Waals surface area contributed by atoms with Crippen molar-refractivity contribution in [3.05, 3.63) is 45.7 Å². The molecule has 0 spiro atoms. The molecule has 0 atom stereocenters. The smallest absolute Gasteiger partial charge is 0.319 e. The van der Waals surface area contributed by atoms with E-state index in [9.17, 15) is 4.79 Å². The second-order valence-corrected chi connectivity index (χ2v) is 5.70. The third-order valence-corrected chi connectivity index (χ3v) is 3.83. The highest BCUT2D eigenvalue weighted by Crippen LogP contribution is 2.16. The Hall–Kier alpha value is -1.82. The third-order valence-electron chi connectivity index (χ3n) is 3.34. The minimum atomic E-state index is -0.226. The molecule has 0 radical (unpaired) electrons. The van der Waals surface area contributed by atoms with Gasteiger partial charge in [0, 0.05) is 34.5 Å². The molecule has 21 heavy (non-hydrogen) atoms. The fraction of sp³-hybridized carbons (Fsp3) is 0.333. The van der Waals surface area contributed by atoms with Crippen LogP contribution in [0.25, 0.3) is 0 Å². The maximum Gasteiger partial charge on any atom is 0.319 e. The molecule has 2 rings (SSSR count). The zero-order chi connectivity index (χ0) is 15.4. The van der Waals surface area contributed by atoms with Gasteiger partial charge in [-0.3, -0.25) is 4.68 Å². The van der Waals surface area contributed by atoms with Crippen LogP contribution < -0.4 is 10.6 Å². The normalized spacial score (nSPS) is 10.5. The maximum atomic E-state index is 11.9. The van der Waals surface area contributed by atoms with Crippen molar-refractivity contribution in [3.8, 4) is 0 Å². The number of halogens is 1. The highest BCUT2D eigenvalue weighted by atomic mass is 79.9. The fourth-order valence-corrected chi connectivity index (χ4v) is 2.61. The van der Waals surface area contributed by atoms with Crippen LogP contribution in [-0.2, 0) is 13.1 Å². The van der Waals surface area contributed by atoms with Crippen LogP contribution in [0.3, 0.4) is 0 Å². The summed E-state index contributed by atoms with van der Waals surface area (Å²) < 4.78 is 2.87. The lowest BCUT2D eigenvalue weighted by Gasteiger charge is -2.08. The summed E-state index contributed by atoms with van der Waals surface area (Å²) in [6, 6.07) is 7.26. The minimum Gasteiger partial charge on any atom is -0.334 e. The first kappa shape index (κ1) is 15.6. The van der Waals surface area contributed by atoms with E-state index >= 15 is 0 Å². The Morgan fingerprint density at radius 3 is 2.76 bits per heavy atom. The van der Waals surface area contributed by atoms with Gasteiger partial charge in [0.15, 0.2) is 0 Å². The van der Waals surface area contributed by atoms with E-state index in [1.807, 2.05) is 42.8 Å². The number of aromatic nitrogens is 2. The number of nitrogens with one attached hydrogen (secondary N) is 2. The van der Waals surface area contributed by atoms with E-state index in [1.165, 1.54) is 0 Å². The second-order valence-electron chi connectivity index (χ2n) is 4.78. The van der Waals surface area contributed by atoms with Gasteiger partial charge in [-0.25, -0.2) is 4.79 Å². The summed E-state index contributed by atoms with van der Waals surface area (Å²) >= 11 is 3.37. The minimum absolute atomic E-state index is 0.226. The number of carbonyl (C=O) groups excluding carboxylic acids is 1. The van der Waals surface area contributed by atoms with Crippen LogP contribution in [0.1, 0.15) is 23.9 Å². The number of amides is 2. The number of benzene rings is 1. The van der Waals surface area contributed by atoms with Gasteiger partial charge in [0.25, 0.3) is 0 Å². The fourth-order valence-electron chi connectivity index (χ4n) is 2.21. The van der Waals surface area contributed by atoms with E-state index < -0.39 is 0 Å². The Morgan fingerprint density at radius 1 is 1.38 bits per heavy atom. The molecule has 0 aliphatic heterocycles. The molecule has 0 unspecified atom stereocenters. The Balaban J connectivity index is 1.97. The number of rotatable bonds is 4. The van der Waals surface area contributed by atoms with Crippen molar-refractivity contribution >= 4 is 27.6 Å². The van der Waals surface area contributed by atoms with E-state index in [1.54, 1.807) is 0 Å². The predicted molar refractivity (Wildman–Crippen MR) is 87.4 cm³/mol. The Morgan fingerprint density at radius 2 is 2.14 bits per heavy atom. The highest BCUT2D eigenvalue weighted by molar-refractivity contribution is 9.10. The molecule has 2 amide bonds. The lowest BCUT2D eigenvalue weighted by molar-refractivity contribution is 0.251. The molecule has 6 heteroatoms. The van der Waals surface area contributed by atoms with Gasteiger partial charge in [-0.2, -0.15) is 5.10 Å². The average molecular weight is 351 g/mol. The Bertz CT molecular complexity index is 651.